The van der Waals surface area contributed by atoms with Crippen LogP contribution in [0.2, 0.25) is 0 Å². The second kappa shape index (κ2) is 8.30. The molecule has 1 aromatic carbocycles. The molecule has 0 aliphatic rings. The lowest BCUT2D eigenvalue weighted by Crippen LogP contribution is -2.38. The van der Waals surface area contributed by atoms with E-state index in [4.69, 9.17) is 0 Å². The van der Waals surface area contributed by atoms with Crippen LogP contribution in [0.1, 0.15) is 32.3 Å². The normalized spacial score (nSPS) is 10.7. The van der Waals surface area contributed by atoms with Gasteiger partial charge in [0.05, 0.1) is 0 Å². The number of hydrogen-bond acceptors (Lipinski definition) is 1. The van der Waals surface area contributed by atoms with Gasteiger partial charge >= 0.3 is 0 Å². The van der Waals surface area contributed by atoms with E-state index in [1.165, 1.54) is 5.56 Å². The zero-order valence-corrected chi connectivity index (χ0v) is 12.8. The van der Waals surface area contributed by atoms with Crippen LogP contribution in [0.25, 0.3) is 0 Å². The third-order valence-electron chi connectivity index (χ3n) is 2.97. The molecule has 1 aromatic rings. The summed E-state index contributed by atoms with van der Waals surface area (Å²) >= 11 is 3.40. The Bertz CT molecular complexity index is 351. The number of carbonyl (C=O) groups is 1. The van der Waals surface area contributed by atoms with Crippen molar-refractivity contribution in [2.75, 3.05) is 11.9 Å². The fraction of sp³-hybridized carbons (Fsp3) is 0.533. The van der Waals surface area contributed by atoms with Gasteiger partial charge in [-0.25, -0.2) is 0 Å². The van der Waals surface area contributed by atoms with E-state index < -0.39 is 0 Å². The fourth-order valence-electron chi connectivity index (χ4n) is 1.99. The van der Waals surface area contributed by atoms with Gasteiger partial charge in [-0.1, -0.05) is 46.3 Å². The van der Waals surface area contributed by atoms with E-state index >= 15 is 0 Å². The Morgan fingerprint density at radius 1 is 1.28 bits per heavy atom. The molecule has 0 aromatic heterocycles. The number of hydrogen-bond donors (Lipinski definition) is 0. The summed E-state index contributed by atoms with van der Waals surface area (Å²) in [7, 11) is 0. The van der Waals surface area contributed by atoms with Gasteiger partial charge in [0, 0.05) is 24.3 Å². The monoisotopic (exact) mass is 311 g/mol. The predicted octanol–water partition coefficient (Wildman–Crippen LogP) is 3.64. The molecule has 100 valence electrons. The van der Waals surface area contributed by atoms with Crippen molar-refractivity contribution in [3.05, 3.63) is 35.9 Å². The summed E-state index contributed by atoms with van der Waals surface area (Å²) in [6, 6.07) is 10.6. The molecule has 0 fully saturated rings. The van der Waals surface area contributed by atoms with Crippen molar-refractivity contribution in [3.63, 3.8) is 0 Å². The van der Waals surface area contributed by atoms with Crippen LogP contribution in [0.5, 0.6) is 0 Å². The first-order valence-electron chi connectivity index (χ1n) is 6.54. The summed E-state index contributed by atoms with van der Waals surface area (Å²) in [5.41, 5.74) is 1.31. The quantitative estimate of drug-likeness (QED) is 0.704. The van der Waals surface area contributed by atoms with Crippen LogP contribution >= 0.6 is 15.9 Å². The van der Waals surface area contributed by atoms with Gasteiger partial charge in [-0.2, -0.15) is 0 Å². The smallest absolute Gasteiger partial charge is 0.222 e. The van der Waals surface area contributed by atoms with Crippen molar-refractivity contribution in [2.45, 2.75) is 39.2 Å². The van der Waals surface area contributed by atoms with E-state index in [1.807, 2.05) is 23.1 Å². The molecule has 0 radical (unpaired) electrons. The highest BCUT2D eigenvalue weighted by molar-refractivity contribution is 9.09. The molecule has 3 heteroatoms. The van der Waals surface area contributed by atoms with Crippen molar-refractivity contribution >= 4 is 21.8 Å². The van der Waals surface area contributed by atoms with Crippen molar-refractivity contribution in [1.29, 1.82) is 0 Å². The van der Waals surface area contributed by atoms with Gasteiger partial charge in [-0.3, -0.25) is 4.79 Å². The summed E-state index contributed by atoms with van der Waals surface area (Å²) < 4.78 is 0. The Labute approximate surface area is 119 Å². The van der Waals surface area contributed by atoms with Crippen LogP contribution in [-0.2, 0) is 11.2 Å². The topological polar surface area (TPSA) is 20.3 Å². The zero-order chi connectivity index (χ0) is 13.4. The molecule has 0 spiro atoms. The molecule has 0 N–H and O–H groups in total. The lowest BCUT2D eigenvalue weighted by atomic mass is 10.1. The van der Waals surface area contributed by atoms with Gasteiger partial charge in [-0.05, 0) is 32.3 Å². The number of carbonyl (C=O) groups excluding carboxylic acids is 1. The van der Waals surface area contributed by atoms with Crippen molar-refractivity contribution in [1.82, 2.24) is 4.90 Å². The molecule has 1 rings (SSSR count). The van der Waals surface area contributed by atoms with Gasteiger partial charge in [-0.15, -0.1) is 0 Å². The van der Waals surface area contributed by atoms with Crippen molar-refractivity contribution in [2.24, 2.45) is 0 Å². The number of aryl methyl sites for hydroxylation is 1. The summed E-state index contributed by atoms with van der Waals surface area (Å²) in [5, 5.41) is 0.843. The molecule has 18 heavy (non-hydrogen) atoms. The lowest BCUT2D eigenvalue weighted by molar-refractivity contribution is -0.132. The summed E-state index contributed by atoms with van der Waals surface area (Å²) in [4.78, 5) is 14.0. The number of nitrogens with zero attached hydrogens (tertiary/aromatic N) is 1. The molecule has 0 saturated heterocycles. The molecular formula is C15H22BrNO. The number of benzene rings is 1. The molecule has 0 bridgehead atoms. The van der Waals surface area contributed by atoms with Gasteiger partial charge in [0.15, 0.2) is 0 Å². The van der Waals surface area contributed by atoms with Crippen LogP contribution in [-0.4, -0.2) is 28.7 Å². The Morgan fingerprint density at radius 3 is 2.50 bits per heavy atom. The zero-order valence-electron chi connectivity index (χ0n) is 11.2. The van der Waals surface area contributed by atoms with Gasteiger partial charge in [0.2, 0.25) is 5.91 Å². The van der Waals surface area contributed by atoms with E-state index in [2.05, 4.69) is 41.9 Å². The average molecular weight is 312 g/mol. The molecule has 0 saturated carbocycles. The van der Waals surface area contributed by atoms with E-state index in [-0.39, 0.29) is 11.9 Å². The molecule has 0 aliphatic heterocycles. The number of alkyl halides is 1. The molecular weight excluding hydrogens is 290 g/mol. The molecule has 2 nitrogen and oxygen atoms in total. The average Bonchev–Trinajstić information content (AvgIpc) is 2.36. The fourth-order valence-corrected chi connectivity index (χ4v) is 2.38. The Hall–Kier alpha value is -0.830. The maximum atomic E-state index is 12.1. The van der Waals surface area contributed by atoms with Crippen molar-refractivity contribution in [3.8, 4) is 0 Å². The van der Waals surface area contributed by atoms with Crippen LogP contribution in [0.15, 0.2) is 30.3 Å². The van der Waals surface area contributed by atoms with Gasteiger partial charge in [0.1, 0.15) is 0 Å². The van der Waals surface area contributed by atoms with E-state index in [0.29, 0.717) is 6.42 Å². The largest absolute Gasteiger partial charge is 0.339 e. The lowest BCUT2D eigenvalue weighted by Gasteiger charge is -2.26. The molecule has 0 heterocycles. The van der Waals surface area contributed by atoms with E-state index in [9.17, 15) is 4.79 Å². The van der Waals surface area contributed by atoms with Crippen LogP contribution in [0.3, 0.4) is 0 Å². The molecule has 0 unspecified atom stereocenters. The first-order chi connectivity index (χ1) is 8.65. The molecule has 0 atom stereocenters. The summed E-state index contributed by atoms with van der Waals surface area (Å²) in [5.74, 6) is 0.264. The predicted molar refractivity (Wildman–Crippen MR) is 80.0 cm³/mol. The number of rotatable bonds is 7. The summed E-state index contributed by atoms with van der Waals surface area (Å²) in [6.07, 6.45) is 2.54. The molecule has 0 aliphatic carbocycles. The van der Waals surface area contributed by atoms with Crippen LogP contribution in [0, 0.1) is 0 Å². The van der Waals surface area contributed by atoms with Gasteiger partial charge < -0.3 is 4.90 Å². The van der Waals surface area contributed by atoms with E-state index in [1.54, 1.807) is 0 Å². The Balaban J connectivity index is 2.36. The third-order valence-corrected chi connectivity index (χ3v) is 3.32. The first-order valence-corrected chi connectivity index (χ1v) is 7.66. The molecule has 1 amide bonds. The van der Waals surface area contributed by atoms with Crippen LogP contribution in [0.4, 0.5) is 0 Å². The minimum absolute atomic E-state index is 0.264. The second-order valence-corrected chi connectivity index (χ2v) is 5.50. The number of halogens is 1. The third kappa shape index (κ3) is 5.21. The maximum Gasteiger partial charge on any atom is 0.222 e. The van der Waals surface area contributed by atoms with Crippen LogP contribution < -0.4 is 0 Å². The highest BCUT2D eigenvalue weighted by Gasteiger charge is 2.15. The second-order valence-electron chi connectivity index (χ2n) is 4.71. The minimum Gasteiger partial charge on any atom is -0.339 e. The first kappa shape index (κ1) is 15.2. The highest BCUT2D eigenvalue weighted by Crippen LogP contribution is 2.08. The number of amides is 1. The Kier molecular flexibility index (Phi) is 7.02. The standard InChI is InChI=1S/C15H22BrNO/c1-13(2)17(12-11-16)15(18)10-6-9-14-7-4-3-5-8-14/h3-5,7-8,13H,6,9-12H2,1-2H3. The highest BCUT2D eigenvalue weighted by atomic mass is 79.9. The van der Waals surface area contributed by atoms with Crippen molar-refractivity contribution < 1.29 is 4.79 Å². The maximum absolute atomic E-state index is 12.1. The summed E-state index contributed by atoms with van der Waals surface area (Å²) in [6.45, 7) is 4.93. The SMILES string of the molecule is CC(C)N(CCBr)C(=O)CCCc1ccccc1. The Morgan fingerprint density at radius 2 is 1.94 bits per heavy atom. The van der Waals surface area contributed by atoms with E-state index in [0.717, 1.165) is 24.7 Å². The van der Waals surface area contributed by atoms with Gasteiger partial charge in [0.25, 0.3) is 0 Å². The minimum atomic E-state index is 0.264.